The van der Waals surface area contributed by atoms with Gasteiger partial charge < -0.3 is 20.4 Å². The molecular weight excluding hydrogens is 172 g/mol. The largest absolute Gasteiger partial charge is 0.394 e. The highest BCUT2D eigenvalue weighted by Crippen LogP contribution is 2.09. The normalized spacial score (nSPS) is 18.2. The molecule has 0 fully saturated rings. The van der Waals surface area contributed by atoms with E-state index in [0.29, 0.717) is 6.42 Å². The van der Waals surface area contributed by atoms with Crippen LogP contribution in [-0.4, -0.2) is 45.3 Å². The highest BCUT2D eigenvalue weighted by atomic mass is 16.4. The van der Waals surface area contributed by atoms with Crippen molar-refractivity contribution >= 4 is 0 Å². The third-order valence-corrected chi connectivity index (χ3v) is 2.08. The monoisotopic (exact) mass is 192 g/mol. The molecule has 4 nitrogen and oxygen atoms in total. The van der Waals surface area contributed by atoms with Gasteiger partial charge in [0.05, 0.1) is 12.7 Å². The number of unbranched alkanes of at least 4 members (excludes halogenated alkanes) is 2. The summed E-state index contributed by atoms with van der Waals surface area (Å²) in [5.74, 6) is 0. The molecule has 0 aliphatic rings. The van der Waals surface area contributed by atoms with Crippen LogP contribution in [0.3, 0.4) is 0 Å². The quantitative estimate of drug-likeness (QED) is 0.415. The topological polar surface area (TPSA) is 80.9 Å². The summed E-state index contributed by atoms with van der Waals surface area (Å²) in [6, 6.07) is 0. The van der Waals surface area contributed by atoms with Gasteiger partial charge in [0.25, 0.3) is 0 Å². The van der Waals surface area contributed by atoms with Crippen molar-refractivity contribution in [3.8, 4) is 0 Å². The first kappa shape index (κ1) is 12.8. The second-order valence-corrected chi connectivity index (χ2v) is 3.30. The van der Waals surface area contributed by atoms with E-state index in [2.05, 4.69) is 0 Å². The van der Waals surface area contributed by atoms with Crippen LogP contribution < -0.4 is 0 Å². The Morgan fingerprint density at radius 3 is 2.08 bits per heavy atom. The second-order valence-electron chi connectivity index (χ2n) is 3.30. The van der Waals surface area contributed by atoms with Crippen LogP contribution >= 0.6 is 0 Å². The van der Waals surface area contributed by atoms with Gasteiger partial charge >= 0.3 is 0 Å². The Morgan fingerprint density at radius 1 is 1.00 bits per heavy atom. The highest BCUT2D eigenvalue weighted by molar-refractivity contribution is 4.74. The van der Waals surface area contributed by atoms with Crippen LogP contribution in [0.4, 0.5) is 0 Å². The Bertz CT molecular complexity index is 118. The molecule has 0 saturated carbocycles. The molecule has 0 aromatic carbocycles. The molecule has 0 bridgehead atoms. The molecule has 4 N–H and O–H groups in total. The second kappa shape index (κ2) is 7.26. The lowest BCUT2D eigenvalue weighted by molar-refractivity contribution is -0.0787. The summed E-state index contributed by atoms with van der Waals surface area (Å²) in [4.78, 5) is 0. The summed E-state index contributed by atoms with van der Waals surface area (Å²) in [5.41, 5.74) is 0. The first-order valence-electron chi connectivity index (χ1n) is 4.78. The molecule has 0 amide bonds. The van der Waals surface area contributed by atoms with E-state index in [1.165, 1.54) is 0 Å². The van der Waals surface area contributed by atoms with Crippen LogP contribution in [0.5, 0.6) is 0 Å². The summed E-state index contributed by atoms with van der Waals surface area (Å²) < 4.78 is 0. The molecular formula is C9H20O4. The van der Waals surface area contributed by atoms with E-state index in [-0.39, 0.29) is 0 Å². The number of rotatable bonds is 7. The zero-order valence-corrected chi connectivity index (χ0v) is 8.06. The number of aliphatic hydroxyl groups excluding tert-OH is 4. The zero-order chi connectivity index (χ0) is 10.3. The van der Waals surface area contributed by atoms with Gasteiger partial charge in [0, 0.05) is 0 Å². The lowest BCUT2D eigenvalue weighted by atomic mass is 10.0. The van der Waals surface area contributed by atoms with Crippen molar-refractivity contribution in [2.45, 2.75) is 50.9 Å². The molecule has 0 aromatic heterocycles. The van der Waals surface area contributed by atoms with Gasteiger partial charge in [-0.15, -0.1) is 0 Å². The van der Waals surface area contributed by atoms with Crippen LogP contribution in [0.15, 0.2) is 0 Å². The van der Waals surface area contributed by atoms with Gasteiger partial charge in [-0.1, -0.05) is 26.2 Å². The number of aliphatic hydroxyl groups is 4. The molecule has 13 heavy (non-hydrogen) atoms. The van der Waals surface area contributed by atoms with Crippen molar-refractivity contribution in [3.63, 3.8) is 0 Å². The van der Waals surface area contributed by atoms with Gasteiger partial charge in [0.1, 0.15) is 12.2 Å². The highest BCUT2D eigenvalue weighted by Gasteiger charge is 2.23. The maximum Gasteiger partial charge on any atom is 0.108 e. The predicted molar refractivity (Wildman–Crippen MR) is 49.2 cm³/mol. The molecule has 0 saturated heterocycles. The molecule has 0 aliphatic carbocycles. The van der Waals surface area contributed by atoms with Crippen LogP contribution in [0, 0.1) is 0 Å². The van der Waals surface area contributed by atoms with Crippen molar-refractivity contribution in [2.75, 3.05) is 6.61 Å². The van der Waals surface area contributed by atoms with Gasteiger partial charge in [0.2, 0.25) is 0 Å². The predicted octanol–water partition coefficient (Wildman–Crippen LogP) is -0.358. The number of hydrogen-bond acceptors (Lipinski definition) is 4. The Kier molecular flexibility index (Phi) is 7.17. The van der Waals surface area contributed by atoms with E-state index in [1.807, 2.05) is 6.92 Å². The average molecular weight is 192 g/mol. The van der Waals surface area contributed by atoms with Crippen molar-refractivity contribution in [1.82, 2.24) is 0 Å². The molecule has 3 atom stereocenters. The Hall–Kier alpha value is -0.160. The van der Waals surface area contributed by atoms with Crippen LogP contribution in [0.1, 0.15) is 32.6 Å². The van der Waals surface area contributed by atoms with Crippen molar-refractivity contribution < 1.29 is 20.4 Å². The average Bonchev–Trinajstić information content (AvgIpc) is 2.15. The van der Waals surface area contributed by atoms with E-state index in [4.69, 9.17) is 10.2 Å². The lowest BCUT2D eigenvalue weighted by Crippen LogP contribution is -2.39. The third kappa shape index (κ3) is 5.21. The fourth-order valence-electron chi connectivity index (χ4n) is 1.14. The first-order valence-corrected chi connectivity index (χ1v) is 4.78. The SMILES string of the molecule is CCCCCC(O)[C@@H](O)[C@@H](O)CO. The molecule has 0 spiro atoms. The number of hydrogen-bond donors (Lipinski definition) is 4. The summed E-state index contributed by atoms with van der Waals surface area (Å²) in [5, 5.41) is 36.0. The van der Waals surface area contributed by atoms with Gasteiger partial charge in [0.15, 0.2) is 0 Å². The van der Waals surface area contributed by atoms with Crippen molar-refractivity contribution in [3.05, 3.63) is 0 Å². The maximum atomic E-state index is 9.32. The smallest absolute Gasteiger partial charge is 0.108 e. The van der Waals surface area contributed by atoms with Crippen molar-refractivity contribution in [2.24, 2.45) is 0 Å². The van der Waals surface area contributed by atoms with E-state index < -0.39 is 24.9 Å². The first-order chi connectivity index (χ1) is 6.13. The van der Waals surface area contributed by atoms with Crippen LogP contribution in [0.25, 0.3) is 0 Å². The third-order valence-electron chi connectivity index (χ3n) is 2.08. The molecule has 0 aromatic rings. The molecule has 0 aliphatic heterocycles. The zero-order valence-electron chi connectivity index (χ0n) is 8.06. The van der Waals surface area contributed by atoms with Gasteiger partial charge in [-0.25, -0.2) is 0 Å². The summed E-state index contributed by atoms with van der Waals surface area (Å²) in [6.07, 6.45) is -0.0734. The molecule has 1 unspecified atom stereocenters. The van der Waals surface area contributed by atoms with Gasteiger partial charge in [-0.3, -0.25) is 0 Å². The maximum absolute atomic E-state index is 9.32. The summed E-state index contributed by atoms with van der Waals surface area (Å²) in [7, 11) is 0. The van der Waals surface area contributed by atoms with Crippen LogP contribution in [-0.2, 0) is 0 Å². The fourth-order valence-corrected chi connectivity index (χ4v) is 1.14. The minimum atomic E-state index is -1.24. The molecule has 0 radical (unpaired) electrons. The van der Waals surface area contributed by atoms with Gasteiger partial charge in [-0.2, -0.15) is 0 Å². The molecule has 80 valence electrons. The van der Waals surface area contributed by atoms with Gasteiger partial charge in [-0.05, 0) is 6.42 Å². The standard InChI is InChI=1S/C9H20O4/c1-2-3-4-5-7(11)9(13)8(12)6-10/h7-13H,2-6H2,1H3/t7?,8-,9+/m0/s1. The Morgan fingerprint density at radius 2 is 1.62 bits per heavy atom. The molecule has 4 heteroatoms. The van der Waals surface area contributed by atoms with E-state index in [0.717, 1.165) is 19.3 Å². The van der Waals surface area contributed by atoms with Crippen molar-refractivity contribution in [1.29, 1.82) is 0 Å². The van der Waals surface area contributed by atoms with E-state index in [9.17, 15) is 10.2 Å². The van der Waals surface area contributed by atoms with E-state index in [1.54, 1.807) is 0 Å². The summed E-state index contributed by atoms with van der Waals surface area (Å²) >= 11 is 0. The van der Waals surface area contributed by atoms with E-state index >= 15 is 0 Å². The summed E-state index contributed by atoms with van der Waals surface area (Å²) in [6.45, 7) is 1.53. The van der Waals surface area contributed by atoms with Crippen LogP contribution in [0.2, 0.25) is 0 Å². The minimum Gasteiger partial charge on any atom is -0.394 e. The molecule has 0 rings (SSSR count). The lowest BCUT2D eigenvalue weighted by Gasteiger charge is -2.21. The minimum absolute atomic E-state index is 0.464. The fraction of sp³-hybridized carbons (Fsp3) is 1.00. The Labute approximate surface area is 78.8 Å². The Balaban J connectivity index is 3.62. The molecule has 0 heterocycles.